The molecular formula is C27H18N4O5. The summed E-state index contributed by atoms with van der Waals surface area (Å²) in [5.74, 6) is 0.910. The van der Waals surface area contributed by atoms with Gasteiger partial charge < -0.3 is 18.1 Å². The highest BCUT2D eigenvalue weighted by Gasteiger charge is 2.23. The predicted molar refractivity (Wildman–Crippen MR) is 129 cm³/mol. The summed E-state index contributed by atoms with van der Waals surface area (Å²) in [5, 5.41) is 13.0. The number of ether oxygens (including phenoxy) is 1. The Hall–Kier alpha value is -5.05. The first kappa shape index (κ1) is 21.5. The Labute approximate surface area is 204 Å². The van der Waals surface area contributed by atoms with E-state index in [4.69, 9.17) is 18.1 Å². The number of pyridine rings is 1. The normalized spacial score (nSPS) is 11.1. The van der Waals surface area contributed by atoms with Crippen LogP contribution in [0.2, 0.25) is 0 Å². The van der Waals surface area contributed by atoms with Gasteiger partial charge in [0.05, 0.1) is 17.3 Å². The maximum atomic E-state index is 13.1. The lowest BCUT2D eigenvalue weighted by atomic mass is 10.1. The van der Waals surface area contributed by atoms with Crippen LogP contribution in [0, 0.1) is 6.92 Å². The highest BCUT2D eigenvalue weighted by Crippen LogP contribution is 2.33. The number of aromatic nitrogens is 4. The number of fused-ring (bicyclic) bond motifs is 1. The molecule has 0 amide bonds. The summed E-state index contributed by atoms with van der Waals surface area (Å²) in [6.07, 6.45) is 1.55. The molecule has 9 nitrogen and oxygen atoms in total. The van der Waals surface area contributed by atoms with Gasteiger partial charge in [-0.1, -0.05) is 53.7 Å². The Kier molecular flexibility index (Phi) is 5.34. The second kappa shape index (κ2) is 8.95. The predicted octanol–water partition coefficient (Wildman–Crippen LogP) is 5.87. The fraction of sp³-hybridized carbons (Fsp3) is 0.0741. The largest absolute Gasteiger partial charge is 0.463 e. The molecule has 0 radical (unpaired) electrons. The average Bonchev–Trinajstić information content (AvgIpc) is 3.68. The molecule has 0 spiro atoms. The maximum absolute atomic E-state index is 13.1. The number of aryl methyl sites for hydroxylation is 1. The van der Waals surface area contributed by atoms with Crippen molar-refractivity contribution in [2.45, 2.75) is 13.5 Å². The van der Waals surface area contributed by atoms with Crippen molar-refractivity contribution in [3.63, 3.8) is 0 Å². The minimum absolute atomic E-state index is 0.141. The van der Waals surface area contributed by atoms with Crippen LogP contribution in [-0.2, 0) is 11.3 Å². The number of hydrogen-bond donors (Lipinski definition) is 0. The zero-order chi connectivity index (χ0) is 24.5. The van der Waals surface area contributed by atoms with E-state index in [9.17, 15) is 4.79 Å². The van der Waals surface area contributed by atoms with Gasteiger partial charge in [0, 0.05) is 10.9 Å². The van der Waals surface area contributed by atoms with E-state index >= 15 is 0 Å². The highest BCUT2D eigenvalue weighted by molar-refractivity contribution is 6.04. The molecule has 9 heteroatoms. The number of benzene rings is 2. The van der Waals surface area contributed by atoms with Crippen molar-refractivity contribution < 1.29 is 22.9 Å². The number of para-hydroxylation sites is 1. The lowest BCUT2D eigenvalue weighted by Crippen LogP contribution is -2.07. The van der Waals surface area contributed by atoms with Gasteiger partial charge >= 0.3 is 5.97 Å². The molecule has 0 saturated heterocycles. The third-order valence-electron chi connectivity index (χ3n) is 5.63. The van der Waals surface area contributed by atoms with E-state index in [1.54, 1.807) is 31.4 Å². The van der Waals surface area contributed by atoms with Crippen LogP contribution in [0.4, 0.5) is 0 Å². The number of furan rings is 1. The van der Waals surface area contributed by atoms with Gasteiger partial charge in [-0.2, -0.15) is 0 Å². The van der Waals surface area contributed by atoms with Crippen LogP contribution in [0.15, 0.2) is 92.4 Å². The molecule has 0 unspecified atom stereocenters. The van der Waals surface area contributed by atoms with Crippen LogP contribution in [0.25, 0.3) is 45.1 Å². The van der Waals surface area contributed by atoms with Crippen molar-refractivity contribution in [1.29, 1.82) is 0 Å². The van der Waals surface area contributed by atoms with Crippen LogP contribution in [0.5, 0.6) is 0 Å². The maximum Gasteiger partial charge on any atom is 0.339 e. The van der Waals surface area contributed by atoms with Crippen LogP contribution < -0.4 is 0 Å². The molecule has 0 N–H and O–H groups in total. The monoisotopic (exact) mass is 478 g/mol. The fourth-order valence-corrected chi connectivity index (χ4v) is 3.93. The molecule has 2 aromatic carbocycles. The van der Waals surface area contributed by atoms with Gasteiger partial charge in [0.2, 0.25) is 0 Å². The van der Waals surface area contributed by atoms with Crippen LogP contribution in [-0.4, -0.2) is 26.3 Å². The number of nitrogens with zero attached hydrogens (tertiary/aromatic N) is 4. The standard InChI is InChI=1S/C27H18N4O5/c1-16-24(25(31-36-16)17-8-3-2-4-9-17)26-30-29-23(35-26)15-34-27(32)19-14-21(22-12-7-13-33-22)28-20-11-6-5-10-18(19)20/h2-14H,15H2,1H3. The van der Waals surface area contributed by atoms with E-state index in [0.29, 0.717) is 44.9 Å². The van der Waals surface area contributed by atoms with Gasteiger partial charge in [-0.3, -0.25) is 0 Å². The van der Waals surface area contributed by atoms with E-state index in [1.807, 2.05) is 54.6 Å². The first-order valence-corrected chi connectivity index (χ1v) is 11.1. The number of esters is 1. The van der Waals surface area contributed by atoms with Gasteiger partial charge in [-0.25, -0.2) is 9.78 Å². The van der Waals surface area contributed by atoms with Gasteiger partial charge in [0.25, 0.3) is 11.8 Å². The first-order chi connectivity index (χ1) is 17.7. The lowest BCUT2D eigenvalue weighted by Gasteiger charge is -2.08. The number of carbonyl (C=O) groups excluding carboxylic acids is 1. The molecule has 0 saturated carbocycles. The molecule has 4 heterocycles. The molecule has 0 aliphatic rings. The Bertz CT molecular complexity index is 1670. The van der Waals surface area contributed by atoms with Crippen molar-refractivity contribution in [2.24, 2.45) is 0 Å². The Morgan fingerprint density at radius 1 is 0.972 bits per heavy atom. The zero-order valence-electron chi connectivity index (χ0n) is 19.0. The SMILES string of the molecule is Cc1onc(-c2ccccc2)c1-c1nnc(COC(=O)c2cc(-c3ccco3)nc3ccccc23)o1. The molecule has 6 aromatic rings. The topological polar surface area (TPSA) is 117 Å². The van der Waals surface area contributed by atoms with E-state index in [0.717, 1.165) is 5.56 Å². The van der Waals surface area contributed by atoms with E-state index < -0.39 is 5.97 Å². The lowest BCUT2D eigenvalue weighted by molar-refractivity contribution is 0.0441. The second-order valence-electron chi connectivity index (χ2n) is 7.95. The van der Waals surface area contributed by atoms with E-state index in [-0.39, 0.29) is 18.4 Å². The minimum atomic E-state index is -0.549. The van der Waals surface area contributed by atoms with Crippen LogP contribution >= 0.6 is 0 Å². The summed E-state index contributed by atoms with van der Waals surface area (Å²) in [6.45, 7) is 1.56. The van der Waals surface area contributed by atoms with Crippen molar-refractivity contribution in [1.82, 2.24) is 20.3 Å². The van der Waals surface area contributed by atoms with Gasteiger partial charge in [-0.15, -0.1) is 10.2 Å². The summed E-state index contributed by atoms with van der Waals surface area (Å²) in [4.78, 5) is 17.7. The molecule has 176 valence electrons. The van der Waals surface area contributed by atoms with Crippen molar-refractivity contribution >= 4 is 16.9 Å². The molecule has 0 fully saturated rings. The first-order valence-electron chi connectivity index (χ1n) is 11.1. The smallest absolute Gasteiger partial charge is 0.339 e. The average molecular weight is 478 g/mol. The number of hydrogen-bond acceptors (Lipinski definition) is 9. The molecule has 0 bridgehead atoms. The van der Waals surface area contributed by atoms with Gasteiger partial charge in [0.1, 0.15) is 22.7 Å². The molecule has 36 heavy (non-hydrogen) atoms. The van der Waals surface area contributed by atoms with Crippen molar-refractivity contribution in [3.8, 4) is 34.2 Å². The molecular weight excluding hydrogens is 460 g/mol. The van der Waals surface area contributed by atoms with E-state index in [1.165, 1.54) is 0 Å². The molecule has 6 rings (SSSR count). The Morgan fingerprint density at radius 3 is 2.64 bits per heavy atom. The Balaban J connectivity index is 1.26. The van der Waals surface area contributed by atoms with Crippen LogP contribution in [0.3, 0.4) is 0 Å². The van der Waals surface area contributed by atoms with Crippen LogP contribution in [0.1, 0.15) is 22.0 Å². The second-order valence-corrected chi connectivity index (χ2v) is 7.95. The molecule has 0 aliphatic heterocycles. The van der Waals surface area contributed by atoms with Crippen molar-refractivity contribution in [3.05, 3.63) is 96.3 Å². The minimum Gasteiger partial charge on any atom is -0.463 e. The quantitative estimate of drug-likeness (QED) is 0.271. The molecule has 0 atom stereocenters. The third kappa shape index (κ3) is 3.92. The molecule has 0 aliphatic carbocycles. The van der Waals surface area contributed by atoms with Gasteiger partial charge in [-0.05, 0) is 31.2 Å². The molecule has 4 aromatic heterocycles. The highest BCUT2D eigenvalue weighted by atomic mass is 16.5. The summed E-state index contributed by atoms with van der Waals surface area (Å²) in [5.41, 5.74) is 3.57. The van der Waals surface area contributed by atoms with Gasteiger partial charge in [0.15, 0.2) is 12.4 Å². The Morgan fingerprint density at radius 2 is 1.81 bits per heavy atom. The summed E-state index contributed by atoms with van der Waals surface area (Å²) < 4.78 is 22.2. The summed E-state index contributed by atoms with van der Waals surface area (Å²) in [7, 11) is 0. The fourth-order valence-electron chi connectivity index (χ4n) is 3.93. The van der Waals surface area contributed by atoms with Crippen molar-refractivity contribution in [2.75, 3.05) is 0 Å². The summed E-state index contributed by atoms with van der Waals surface area (Å²) in [6, 6.07) is 22.1. The van der Waals surface area contributed by atoms with E-state index in [2.05, 4.69) is 20.3 Å². The number of rotatable bonds is 6. The number of carbonyl (C=O) groups is 1. The third-order valence-corrected chi connectivity index (χ3v) is 5.63. The summed E-state index contributed by atoms with van der Waals surface area (Å²) >= 11 is 0. The zero-order valence-corrected chi connectivity index (χ0v) is 19.0.